The molecule has 0 radical (unpaired) electrons. The van der Waals surface area contributed by atoms with Gasteiger partial charge in [0.2, 0.25) is 21.8 Å². The molecule has 2 aromatic carbocycles. The molecule has 1 atom stereocenters. The van der Waals surface area contributed by atoms with Crippen molar-refractivity contribution < 1.29 is 18.0 Å². The number of para-hydroxylation sites is 1. The van der Waals surface area contributed by atoms with Crippen LogP contribution < -0.4 is 9.62 Å². The number of sulfonamides is 1. The fraction of sp³-hybridized carbons (Fsp3) is 0.500. The number of benzene rings is 2. The number of carbonyl (C=O) groups is 2. The number of nitrogens with zero attached hydrogens (tertiary/aromatic N) is 2. The van der Waals surface area contributed by atoms with Gasteiger partial charge in [-0.25, -0.2) is 8.42 Å². The number of unbranched alkanes of at least 4 members (excludes halogenated alkanes) is 1. The second-order valence-electron chi connectivity index (χ2n) is 9.56. The summed E-state index contributed by atoms with van der Waals surface area (Å²) in [6, 6.07) is 14.3. The average Bonchev–Trinajstić information content (AvgIpc) is 2.83. The molecule has 0 spiro atoms. The molecule has 0 saturated carbocycles. The number of aryl methyl sites for hydroxylation is 1. The van der Waals surface area contributed by atoms with Crippen LogP contribution in [0.4, 0.5) is 5.69 Å². The summed E-state index contributed by atoms with van der Waals surface area (Å²) in [7, 11) is -3.77. The number of amides is 2. The summed E-state index contributed by atoms with van der Waals surface area (Å²) >= 11 is 0. The van der Waals surface area contributed by atoms with Gasteiger partial charge < -0.3 is 10.2 Å². The summed E-state index contributed by atoms with van der Waals surface area (Å²) in [5.41, 5.74) is 3.29. The van der Waals surface area contributed by atoms with Gasteiger partial charge in [-0.1, -0.05) is 82.1 Å². The summed E-state index contributed by atoms with van der Waals surface area (Å²) in [5.74, 6) is -0.575. The second-order valence-corrected chi connectivity index (χ2v) is 11.5. The van der Waals surface area contributed by atoms with E-state index >= 15 is 0 Å². The van der Waals surface area contributed by atoms with Crippen molar-refractivity contribution in [1.82, 2.24) is 10.2 Å². The highest BCUT2D eigenvalue weighted by Crippen LogP contribution is 2.29. The van der Waals surface area contributed by atoms with Gasteiger partial charge in [0.05, 0.1) is 11.9 Å². The summed E-state index contributed by atoms with van der Waals surface area (Å²) in [5, 5.41) is 2.94. The van der Waals surface area contributed by atoms with Crippen LogP contribution in [0.25, 0.3) is 0 Å². The van der Waals surface area contributed by atoms with Crippen molar-refractivity contribution in [2.45, 2.75) is 72.4 Å². The predicted molar refractivity (Wildman–Crippen MR) is 146 cm³/mol. The van der Waals surface area contributed by atoms with E-state index in [-0.39, 0.29) is 24.9 Å². The minimum absolute atomic E-state index is 0.0666. The third-order valence-corrected chi connectivity index (χ3v) is 7.32. The Morgan fingerprint density at radius 2 is 1.64 bits per heavy atom. The monoisotopic (exact) mass is 515 g/mol. The number of carbonyl (C=O) groups excluding carboxylic acids is 2. The number of rotatable bonds is 13. The molecule has 36 heavy (non-hydrogen) atoms. The molecule has 0 unspecified atom stereocenters. The molecule has 1 N–H and O–H groups in total. The Bertz CT molecular complexity index is 1110. The Kier molecular flexibility index (Phi) is 11.0. The van der Waals surface area contributed by atoms with E-state index in [2.05, 4.69) is 5.32 Å². The van der Waals surface area contributed by atoms with Gasteiger partial charge >= 0.3 is 0 Å². The first-order valence-corrected chi connectivity index (χ1v) is 14.5. The summed E-state index contributed by atoms with van der Waals surface area (Å²) in [6.45, 7) is 10.2. The second kappa shape index (κ2) is 13.4. The predicted octanol–water partition coefficient (Wildman–Crippen LogP) is 4.61. The van der Waals surface area contributed by atoms with Gasteiger partial charge in [0.15, 0.2) is 0 Å². The molecule has 7 nitrogen and oxygen atoms in total. The number of anilines is 1. The summed E-state index contributed by atoms with van der Waals surface area (Å²) in [4.78, 5) is 28.4. The van der Waals surface area contributed by atoms with E-state index in [9.17, 15) is 18.0 Å². The summed E-state index contributed by atoms with van der Waals surface area (Å²) < 4.78 is 26.9. The van der Waals surface area contributed by atoms with E-state index in [1.807, 2.05) is 71.0 Å². The first kappa shape index (κ1) is 29.4. The van der Waals surface area contributed by atoms with E-state index < -0.39 is 22.0 Å². The Morgan fingerprint density at radius 1 is 1.00 bits per heavy atom. The molecule has 0 aliphatic rings. The topological polar surface area (TPSA) is 86.8 Å². The molecule has 8 heteroatoms. The zero-order chi connectivity index (χ0) is 26.9. The van der Waals surface area contributed by atoms with Crippen LogP contribution in [0.5, 0.6) is 0 Å². The highest BCUT2D eigenvalue weighted by molar-refractivity contribution is 7.92. The normalized spacial score (nSPS) is 12.3. The maximum absolute atomic E-state index is 13.8. The Labute approximate surface area is 216 Å². The molecule has 2 aromatic rings. The van der Waals surface area contributed by atoms with Gasteiger partial charge in [0.25, 0.3) is 0 Å². The van der Waals surface area contributed by atoms with E-state index in [0.29, 0.717) is 18.7 Å². The van der Waals surface area contributed by atoms with Gasteiger partial charge in [-0.3, -0.25) is 13.9 Å². The van der Waals surface area contributed by atoms with Gasteiger partial charge in [-0.2, -0.15) is 0 Å². The van der Waals surface area contributed by atoms with Gasteiger partial charge in [-0.15, -0.1) is 0 Å². The lowest BCUT2D eigenvalue weighted by Gasteiger charge is -2.33. The summed E-state index contributed by atoms with van der Waals surface area (Å²) in [6.07, 6.45) is 3.32. The Hall–Kier alpha value is -2.87. The highest BCUT2D eigenvalue weighted by atomic mass is 32.2. The molecule has 0 bridgehead atoms. The highest BCUT2D eigenvalue weighted by Gasteiger charge is 2.32. The van der Waals surface area contributed by atoms with Crippen molar-refractivity contribution in [2.24, 2.45) is 0 Å². The lowest BCUT2D eigenvalue weighted by molar-refractivity contribution is -0.140. The van der Waals surface area contributed by atoms with Crippen LogP contribution in [-0.2, 0) is 26.2 Å². The molecule has 0 saturated heterocycles. The quantitative estimate of drug-likeness (QED) is 0.395. The molecule has 2 rings (SSSR count). The first-order valence-electron chi connectivity index (χ1n) is 12.7. The zero-order valence-corrected chi connectivity index (χ0v) is 23.3. The third-order valence-electron chi connectivity index (χ3n) is 6.20. The van der Waals surface area contributed by atoms with Crippen LogP contribution in [0.15, 0.2) is 48.5 Å². The molecule has 2 amide bonds. The van der Waals surface area contributed by atoms with Crippen molar-refractivity contribution in [3.63, 3.8) is 0 Å². The molecule has 0 aromatic heterocycles. The molecular weight excluding hydrogens is 474 g/mol. The lowest BCUT2D eigenvalue weighted by Crippen LogP contribution is -2.52. The van der Waals surface area contributed by atoms with Crippen LogP contribution >= 0.6 is 0 Å². The van der Waals surface area contributed by atoms with Crippen LogP contribution in [0, 0.1) is 6.92 Å². The third kappa shape index (κ3) is 8.08. The van der Waals surface area contributed by atoms with Crippen molar-refractivity contribution in [3.05, 3.63) is 65.2 Å². The maximum atomic E-state index is 13.8. The zero-order valence-electron chi connectivity index (χ0n) is 22.5. The van der Waals surface area contributed by atoms with Crippen molar-refractivity contribution in [3.8, 4) is 0 Å². The van der Waals surface area contributed by atoms with Crippen molar-refractivity contribution >= 4 is 27.5 Å². The van der Waals surface area contributed by atoms with Crippen molar-refractivity contribution in [2.75, 3.05) is 23.7 Å². The minimum Gasteiger partial charge on any atom is -0.354 e. The van der Waals surface area contributed by atoms with E-state index in [1.165, 1.54) is 4.90 Å². The molecule has 198 valence electrons. The smallest absolute Gasteiger partial charge is 0.244 e. The molecule has 0 aliphatic carbocycles. The SMILES string of the molecule is CCCCNC(=O)[C@H](CC)N(Cc1ccc(C)cc1)C(=O)CN(c1ccccc1C(C)C)S(C)(=O)=O. The molecule has 0 fully saturated rings. The fourth-order valence-corrected chi connectivity index (χ4v) is 4.98. The van der Waals surface area contributed by atoms with Gasteiger partial charge in [-0.05, 0) is 42.9 Å². The fourth-order valence-electron chi connectivity index (χ4n) is 4.11. The van der Waals surface area contributed by atoms with Gasteiger partial charge in [0, 0.05) is 13.1 Å². The lowest BCUT2D eigenvalue weighted by atomic mass is 10.0. The van der Waals surface area contributed by atoms with Crippen LogP contribution in [0.2, 0.25) is 0 Å². The maximum Gasteiger partial charge on any atom is 0.244 e. The minimum atomic E-state index is -3.77. The number of hydrogen-bond donors (Lipinski definition) is 1. The first-order chi connectivity index (χ1) is 17.0. The van der Waals surface area contributed by atoms with Crippen LogP contribution in [0.3, 0.4) is 0 Å². The van der Waals surface area contributed by atoms with Crippen molar-refractivity contribution in [1.29, 1.82) is 0 Å². The Balaban J connectivity index is 2.46. The largest absolute Gasteiger partial charge is 0.354 e. The molecular formula is C28H41N3O4S. The average molecular weight is 516 g/mol. The number of hydrogen-bond acceptors (Lipinski definition) is 4. The van der Waals surface area contributed by atoms with Gasteiger partial charge in [0.1, 0.15) is 12.6 Å². The van der Waals surface area contributed by atoms with E-state index in [1.54, 1.807) is 12.1 Å². The van der Waals surface area contributed by atoms with Crippen LogP contribution in [0.1, 0.15) is 69.6 Å². The van der Waals surface area contributed by atoms with Crippen LogP contribution in [-0.4, -0.2) is 50.5 Å². The molecule has 0 aliphatic heterocycles. The Morgan fingerprint density at radius 3 is 2.19 bits per heavy atom. The standard InChI is InChI=1S/C28H41N3O4S/c1-7-9-18-29-28(33)25(8-2)30(19-23-16-14-22(5)15-17-23)27(32)20-31(36(6,34)35)26-13-11-10-12-24(26)21(3)4/h10-17,21,25H,7-9,18-20H2,1-6H3,(H,29,33)/t25-/m0/s1. The molecule has 0 heterocycles. The van der Waals surface area contributed by atoms with E-state index in [4.69, 9.17) is 0 Å². The van der Waals surface area contributed by atoms with E-state index in [0.717, 1.165) is 40.1 Å². The number of nitrogens with one attached hydrogen (secondary N) is 1.